The molecule has 0 aliphatic carbocycles. The molecule has 0 aliphatic heterocycles. The molecule has 0 unspecified atom stereocenters. The van der Waals surface area contributed by atoms with Crippen LogP contribution < -0.4 is 20.8 Å². The minimum Gasteiger partial charge on any atom is -0.409 e. The first-order chi connectivity index (χ1) is 14.8. The number of amidine groups is 1. The van der Waals surface area contributed by atoms with Gasteiger partial charge in [-0.1, -0.05) is 25.6 Å². The van der Waals surface area contributed by atoms with Crippen molar-refractivity contribution >= 4 is 23.0 Å². The molecule has 31 heavy (non-hydrogen) atoms. The molecule has 12 heteroatoms. The molecule has 0 radical (unpaired) electrons. The molecule has 0 saturated carbocycles. The number of carbonyl (C=O) groups excluding carboxylic acids is 1. The summed E-state index contributed by atoms with van der Waals surface area (Å²) in [7, 11) is 1.56. The lowest BCUT2D eigenvalue weighted by Crippen LogP contribution is -2.34. The monoisotopic (exact) mass is 458 g/mol. The Balaban J connectivity index is 2.68. The Morgan fingerprint density at radius 1 is 1.39 bits per heavy atom. The number of rotatable bonds is 11. The number of amides is 1. The maximum atomic E-state index is 12.5. The number of halogens is 3. The van der Waals surface area contributed by atoms with E-state index in [0.717, 1.165) is 11.9 Å². The molecule has 0 spiro atoms. The maximum Gasteiger partial charge on any atom is 0.572 e. The molecule has 1 aromatic rings. The number of pyridine rings is 1. The molecule has 8 nitrogen and oxygen atoms in total. The van der Waals surface area contributed by atoms with Gasteiger partial charge in [-0.05, 0) is 30.7 Å². The first kappa shape index (κ1) is 25.9. The van der Waals surface area contributed by atoms with Crippen molar-refractivity contribution < 1.29 is 22.7 Å². The van der Waals surface area contributed by atoms with Gasteiger partial charge in [0.05, 0.1) is 13.0 Å². The van der Waals surface area contributed by atoms with Crippen molar-refractivity contribution in [1.82, 2.24) is 25.8 Å². The second-order valence-electron chi connectivity index (χ2n) is 5.69. The Morgan fingerprint density at radius 2 is 2.16 bits per heavy atom. The Labute approximate surface area is 183 Å². The van der Waals surface area contributed by atoms with E-state index in [0.29, 0.717) is 17.9 Å². The van der Waals surface area contributed by atoms with Gasteiger partial charge in [-0.3, -0.25) is 9.78 Å². The number of ether oxygens (including phenoxy) is 1. The first-order valence-electron chi connectivity index (χ1n) is 9.15. The van der Waals surface area contributed by atoms with Crippen LogP contribution in [0.5, 0.6) is 0 Å². The predicted molar refractivity (Wildman–Crippen MR) is 115 cm³/mol. The maximum absolute atomic E-state index is 12.5. The second kappa shape index (κ2) is 14.0. The number of alkyl halides is 3. The van der Waals surface area contributed by atoms with Gasteiger partial charge in [0.15, 0.2) is 0 Å². The Hall–Kier alpha value is -3.15. The zero-order chi connectivity index (χ0) is 23.1. The van der Waals surface area contributed by atoms with Crippen LogP contribution in [-0.4, -0.2) is 36.0 Å². The fraction of sp³-hybridized carbons (Fsp3) is 0.316. The van der Waals surface area contributed by atoms with Crippen LogP contribution >= 0.6 is 11.9 Å². The largest absolute Gasteiger partial charge is 0.572 e. The van der Waals surface area contributed by atoms with E-state index >= 15 is 0 Å². The smallest absolute Gasteiger partial charge is 0.409 e. The van der Waals surface area contributed by atoms with Crippen LogP contribution in [0.1, 0.15) is 19.0 Å². The van der Waals surface area contributed by atoms with Crippen molar-refractivity contribution in [2.75, 3.05) is 13.6 Å². The normalized spacial score (nSPS) is 12.7. The summed E-state index contributed by atoms with van der Waals surface area (Å²) in [5.74, 6) is -0.281. The summed E-state index contributed by atoms with van der Waals surface area (Å²) in [6.45, 7) is 5.05. The molecule has 170 valence electrons. The van der Waals surface area contributed by atoms with Gasteiger partial charge in [0.2, 0.25) is 11.1 Å². The van der Waals surface area contributed by atoms with Gasteiger partial charge < -0.3 is 25.5 Å². The molecule has 1 amide bonds. The van der Waals surface area contributed by atoms with Gasteiger partial charge >= 0.3 is 6.36 Å². The van der Waals surface area contributed by atoms with Crippen molar-refractivity contribution in [1.29, 1.82) is 0 Å². The standard InChI is InChI=1S/C19H25F3N6O2S/c1-4-8-15(30-19(20,21)22)13-25-16(9-5-2)28-31-18(27-23-3)26-17(29)12-14-10-6-7-11-24-14/h5-11,23,25,28H,2,4,12-13H2,1,3H3,(H,26,27,29)/b15-8+,16-9-. The number of aromatic nitrogens is 1. The predicted octanol–water partition coefficient (Wildman–Crippen LogP) is 2.92. The van der Waals surface area contributed by atoms with E-state index in [4.69, 9.17) is 0 Å². The molecule has 1 aromatic heterocycles. The van der Waals surface area contributed by atoms with Gasteiger partial charge in [0.25, 0.3) is 0 Å². The van der Waals surface area contributed by atoms with Gasteiger partial charge in [0, 0.05) is 30.9 Å². The summed E-state index contributed by atoms with van der Waals surface area (Å²) >= 11 is 0.935. The van der Waals surface area contributed by atoms with Crippen LogP contribution in [0, 0.1) is 0 Å². The summed E-state index contributed by atoms with van der Waals surface area (Å²) in [5, 5.41) is 9.56. The highest BCUT2D eigenvalue weighted by molar-refractivity contribution is 8.12. The number of hydrogen-bond acceptors (Lipinski definition) is 8. The van der Waals surface area contributed by atoms with Crippen LogP contribution in [0.15, 0.2) is 65.9 Å². The van der Waals surface area contributed by atoms with Crippen molar-refractivity contribution in [3.63, 3.8) is 0 Å². The molecular weight excluding hydrogens is 433 g/mol. The number of hydrogen-bond donors (Lipinski definition) is 4. The fourth-order valence-electron chi connectivity index (χ4n) is 2.07. The highest BCUT2D eigenvalue weighted by Crippen LogP contribution is 2.20. The molecule has 0 bridgehead atoms. The minimum atomic E-state index is -4.78. The number of nitrogens with zero attached hydrogens (tertiary/aromatic N) is 2. The summed E-state index contributed by atoms with van der Waals surface area (Å²) in [5.41, 5.74) is 3.16. The average molecular weight is 459 g/mol. The summed E-state index contributed by atoms with van der Waals surface area (Å²) in [4.78, 5) is 16.3. The minimum absolute atomic E-state index is 0.0533. The Morgan fingerprint density at radius 3 is 2.74 bits per heavy atom. The Kier molecular flexibility index (Phi) is 11.7. The summed E-state index contributed by atoms with van der Waals surface area (Å²) in [6, 6.07) is 5.24. The highest BCUT2D eigenvalue weighted by atomic mass is 32.2. The zero-order valence-electron chi connectivity index (χ0n) is 17.1. The highest BCUT2D eigenvalue weighted by Gasteiger charge is 2.31. The van der Waals surface area contributed by atoms with Gasteiger partial charge in [-0.2, -0.15) is 5.10 Å². The molecule has 1 rings (SSSR count). The summed E-state index contributed by atoms with van der Waals surface area (Å²) in [6.07, 6.45) is 1.51. The van der Waals surface area contributed by atoms with Crippen LogP contribution in [0.25, 0.3) is 0 Å². The van der Waals surface area contributed by atoms with E-state index in [1.54, 1.807) is 38.4 Å². The first-order valence-corrected chi connectivity index (χ1v) is 9.97. The van der Waals surface area contributed by atoms with Gasteiger partial charge in [0.1, 0.15) is 11.6 Å². The van der Waals surface area contributed by atoms with E-state index < -0.39 is 6.36 Å². The van der Waals surface area contributed by atoms with Crippen molar-refractivity contribution in [3.8, 4) is 0 Å². The van der Waals surface area contributed by atoms with Crippen LogP contribution in [-0.2, 0) is 16.0 Å². The third kappa shape index (κ3) is 12.2. The lowest BCUT2D eigenvalue weighted by Gasteiger charge is -2.17. The van der Waals surface area contributed by atoms with Crippen LogP contribution in [0.3, 0.4) is 0 Å². The van der Waals surface area contributed by atoms with Crippen molar-refractivity contribution in [2.24, 2.45) is 5.10 Å². The SMILES string of the molecule is C=C/C=C(/NC/C(=C\CC)OC(F)(F)F)NS/C(=N\NC)NC(=O)Cc1ccccn1. The van der Waals surface area contributed by atoms with E-state index in [9.17, 15) is 18.0 Å². The fourth-order valence-corrected chi connectivity index (χ4v) is 2.72. The quantitative estimate of drug-likeness (QED) is 0.101. The van der Waals surface area contributed by atoms with Crippen LogP contribution in [0.4, 0.5) is 13.2 Å². The van der Waals surface area contributed by atoms with Crippen LogP contribution in [0.2, 0.25) is 0 Å². The molecular formula is C19H25F3N6O2S. The van der Waals surface area contributed by atoms with E-state index in [-0.39, 0.29) is 29.8 Å². The molecule has 0 fully saturated rings. The molecule has 4 N–H and O–H groups in total. The number of allylic oxidation sites excluding steroid dienone is 3. The summed E-state index contributed by atoms with van der Waals surface area (Å²) < 4.78 is 44.4. The molecule has 0 aromatic carbocycles. The molecule has 0 saturated heterocycles. The van der Waals surface area contributed by atoms with E-state index in [1.165, 1.54) is 18.2 Å². The second-order valence-corrected chi connectivity index (χ2v) is 6.48. The van der Waals surface area contributed by atoms with Crippen molar-refractivity contribution in [2.45, 2.75) is 26.1 Å². The molecule has 0 aliphatic rings. The topological polar surface area (TPSA) is 99.7 Å². The van der Waals surface area contributed by atoms with Gasteiger partial charge in [-0.15, -0.1) is 13.2 Å². The number of nitrogens with one attached hydrogen (secondary N) is 4. The number of carbonyl (C=O) groups is 1. The lowest BCUT2D eigenvalue weighted by atomic mass is 10.2. The Bertz CT molecular complexity index is 798. The van der Waals surface area contributed by atoms with E-state index in [2.05, 4.69) is 42.2 Å². The number of hydrazone groups is 1. The molecule has 1 heterocycles. The third-order valence-corrected chi connectivity index (χ3v) is 3.91. The van der Waals surface area contributed by atoms with E-state index in [1.807, 2.05) is 0 Å². The molecule has 0 atom stereocenters. The third-order valence-electron chi connectivity index (χ3n) is 3.20. The van der Waals surface area contributed by atoms with Gasteiger partial charge in [-0.25, -0.2) is 0 Å². The zero-order valence-corrected chi connectivity index (χ0v) is 17.9. The average Bonchev–Trinajstić information content (AvgIpc) is 2.69. The van der Waals surface area contributed by atoms with Crippen molar-refractivity contribution in [3.05, 3.63) is 66.5 Å². The lowest BCUT2D eigenvalue weighted by molar-refractivity contribution is -0.305.